The zero-order valence-electron chi connectivity index (χ0n) is 9.98. The minimum absolute atomic E-state index is 0.0940. The van der Waals surface area contributed by atoms with E-state index in [-0.39, 0.29) is 15.7 Å². The summed E-state index contributed by atoms with van der Waals surface area (Å²) in [5, 5.41) is 0.0161. The van der Waals surface area contributed by atoms with Gasteiger partial charge in [-0.05, 0) is 25.1 Å². The first-order chi connectivity index (χ1) is 8.97. The number of carbonyl (C=O) groups is 1. The molecular weight excluding hydrogens is 287 g/mol. The van der Waals surface area contributed by atoms with Crippen molar-refractivity contribution in [2.45, 2.75) is 16.8 Å². The number of nitrogens with two attached hydrogens (primary N) is 1. The van der Waals surface area contributed by atoms with Crippen LogP contribution in [0.3, 0.4) is 0 Å². The van der Waals surface area contributed by atoms with Crippen LogP contribution in [0.4, 0.5) is 4.39 Å². The minimum atomic E-state index is -0.803. The molecule has 0 bridgehead atoms. The van der Waals surface area contributed by atoms with Crippen molar-refractivity contribution in [3.8, 4) is 0 Å². The molecule has 0 saturated carbocycles. The van der Waals surface area contributed by atoms with E-state index in [2.05, 4.69) is 4.98 Å². The van der Waals surface area contributed by atoms with Gasteiger partial charge in [-0.15, -0.1) is 0 Å². The molecule has 1 heterocycles. The van der Waals surface area contributed by atoms with Gasteiger partial charge in [0.25, 0.3) is 5.91 Å². The van der Waals surface area contributed by atoms with E-state index in [1.807, 2.05) is 31.2 Å². The number of halogens is 2. The first-order valence-electron chi connectivity index (χ1n) is 5.37. The summed E-state index contributed by atoms with van der Waals surface area (Å²) in [6, 6.07) is 8.56. The van der Waals surface area contributed by atoms with Gasteiger partial charge in [-0.2, -0.15) is 0 Å². The lowest BCUT2D eigenvalue weighted by atomic mass is 10.2. The molecule has 0 aliphatic heterocycles. The number of pyridine rings is 1. The van der Waals surface area contributed by atoms with Crippen molar-refractivity contribution >= 4 is 29.3 Å². The van der Waals surface area contributed by atoms with Crippen LogP contribution < -0.4 is 5.73 Å². The molecule has 0 aliphatic carbocycles. The maximum absolute atomic E-state index is 13.8. The smallest absolute Gasteiger partial charge is 0.251 e. The van der Waals surface area contributed by atoms with Gasteiger partial charge in [0.05, 0.1) is 5.56 Å². The molecule has 0 spiro atoms. The molecule has 0 unspecified atom stereocenters. The van der Waals surface area contributed by atoms with Crippen LogP contribution in [0.2, 0.25) is 5.15 Å². The number of aromatic nitrogens is 1. The number of rotatable bonds is 3. The Bertz CT molecular complexity index is 631. The average Bonchev–Trinajstić information content (AvgIpc) is 2.35. The predicted molar refractivity (Wildman–Crippen MR) is 73.0 cm³/mol. The summed E-state index contributed by atoms with van der Waals surface area (Å²) in [6.07, 6.45) is 0. The highest BCUT2D eigenvalue weighted by Crippen LogP contribution is 2.30. The molecule has 0 atom stereocenters. The van der Waals surface area contributed by atoms with Crippen LogP contribution in [0.1, 0.15) is 15.9 Å². The minimum Gasteiger partial charge on any atom is -0.366 e. The standard InChI is InChI=1S/C13H10ClFN2OS/c1-7-2-4-8(5-3-7)19-13-10(15)6-9(12(16)18)11(14)17-13/h2-6H,1H3,(H2,16,18). The second-order valence-corrected chi connectivity index (χ2v) is 5.31. The number of hydrogen-bond donors (Lipinski definition) is 1. The first kappa shape index (κ1) is 13.8. The fourth-order valence-electron chi connectivity index (χ4n) is 1.41. The Labute approximate surface area is 119 Å². The molecule has 98 valence electrons. The maximum Gasteiger partial charge on any atom is 0.251 e. The molecular formula is C13H10ClFN2OS. The van der Waals surface area contributed by atoms with Crippen LogP contribution in [0, 0.1) is 12.7 Å². The van der Waals surface area contributed by atoms with Gasteiger partial charge >= 0.3 is 0 Å². The van der Waals surface area contributed by atoms with E-state index in [9.17, 15) is 9.18 Å². The highest BCUT2D eigenvalue weighted by atomic mass is 35.5. The van der Waals surface area contributed by atoms with Crippen molar-refractivity contribution in [2.24, 2.45) is 5.73 Å². The number of aryl methyl sites for hydroxylation is 1. The van der Waals surface area contributed by atoms with Crippen LogP contribution in [0.25, 0.3) is 0 Å². The molecule has 0 aliphatic rings. The third-order valence-electron chi connectivity index (χ3n) is 2.40. The van der Waals surface area contributed by atoms with Crippen molar-refractivity contribution in [3.63, 3.8) is 0 Å². The van der Waals surface area contributed by atoms with E-state index in [0.717, 1.165) is 28.3 Å². The van der Waals surface area contributed by atoms with E-state index < -0.39 is 11.7 Å². The van der Waals surface area contributed by atoms with Crippen molar-refractivity contribution in [1.29, 1.82) is 0 Å². The van der Waals surface area contributed by atoms with Crippen LogP contribution in [0.5, 0.6) is 0 Å². The van der Waals surface area contributed by atoms with Gasteiger partial charge in [0.1, 0.15) is 10.2 Å². The lowest BCUT2D eigenvalue weighted by molar-refractivity contribution is 0.0999. The Morgan fingerprint density at radius 2 is 2.00 bits per heavy atom. The van der Waals surface area contributed by atoms with Gasteiger partial charge < -0.3 is 5.73 Å². The van der Waals surface area contributed by atoms with Crippen molar-refractivity contribution in [2.75, 3.05) is 0 Å². The van der Waals surface area contributed by atoms with Crippen LogP contribution >= 0.6 is 23.4 Å². The van der Waals surface area contributed by atoms with E-state index in [4.69, 9.17) is 17.3 Å². The van der Waals surface area contributed by atoms with Gasteiger partial charge in [-0.3, -0.25) is 4.79 Å². The fraction of sp³-hybridized carbons (Fsp3) is 0.0769. The van der Waals surface area contributed by atoms with Gasteiger partial charge in [-0.25, -0.2) is 9.37 Å². The predicted octanol–water partition coefficient (Wildman–Crippen LogP) is 3.43. The Hall–Kier alpha value is -1.59. The lowest BCUT2D eigenvalue weighted by Gasteiger charge is -2.06. The summed E-state index contributed by atoms with van der Waals surface area (Å²) < 4.78 is 13.8. The van der Waals surface area contributed by atoms with Crippen LogP contribution in [-0.4, -0.2) is 10.9 Å². The molecule has 0 fully saturated rings. The van der Waals surface area contributed by atoms with Crippen molar-refractivity contribution < 1.29 is 9.18 Å². The Kier molecular flexibility index (Phi) is 4.07. The quantitative estimate of drug-likeness (QED) is 0.883. The van der Waals surface area contributed by atoms with Crippen molar-refractivity contribution in [1.82, 2.24) is 4.98 Å². The zero-order chi connectivity index (χ0) is 14.0. The molecule has 19 heavy (non-hydrogen) atoms. The van der Waals surface area contributed by atoms with E-state index >= 15 is 0 Å². The molecule has 1 aromatic carbocycles. The SMILES string of the molecule is Cc1ccc(Sc2nc(Cl)c(C(N)=O)cc2F)cc1. The maximum atomic E-state index is 13.8. The molecule has 0 saturated heterocycles. The van der Waals surface area contributed by atoms with Crippen molar-refractivity contribution in [3.05, 3.63) is 52.4 Å². The largest absolute Gasteiger partial charge is 0.366 e. The molecule has 1 amide bonds. The number of amides is 1. The summed E-state index contributed by atoms with van der Waals surface area (Å²) in [4.78, 5) is 15.7. The Morgan fingerprint density at radius 1 is 1.37 bits per heavy atom. The number of benzene rings is 1. The monoisotopic (exact) mass is 296 g/mol. The van der Waals surface area contributed by atoms with Gasteiger partial charge in [0.2, 0.25) is 0 Å². The molecule has 2 rings (SSSR count). The van der Waals surface area contributed by atoms with Crippen LogP contribution in [-0.2, 0) is 0 Å². The number of primary amides is 1. The normalized spacial score (nSPS) is 10.5. The summed E-state index contributed by atoms with van der Waals surface area (Å²) in [6.45, 7) is 1.96. The lowest BCUT2D eigenvalue weighted by Crippen LogP contribution is -2.13. The third-order valence-corrected chi connectivity index (χ3v) is 3.67. The van der Waals surface area contributed by atoms with Gasteiger partial charge in [-0.1, -0.05) is 41.1 Å². The summed E-state index contributed by atoms with van der Waals surface area (Å²) in [7, 11) is 0. The summed E-state index contributed by atoms with van der Waals surface area (Å²) in [5.41, 5.74) is 6.06. The molecule has 0 radical (unpaired) electrons. The molecule has 2 aromatic rings. The second-order valence-electron chi connectivity index (χ2n) is 3.89. The molecule has 3 nitrogen and oxygen atoms in total. The van der Waals surface area contributed by atoms with E-state index in [1.165, 1.54) is 0 Å². The number of nitrogens with zero attached hydrogens (tertiary/aromatic N) is 1. The fourth-order valence-corrected chi connectivity index (χ4v) is 2.48. The van der Waals surface area contributed by atoms with Crippen LogP contribution in [0.15, 0.2) is 40.3 Å². The third kappa shape index (κ3) is 3.24. The highest BCUT2D eigenvalue weighted by molar-refractivity contribution is 7.99. The van der Waals surface area contributed by atoms with Gasteiger partial charge in [0.15, 0.2) is 5.82 Å². The number of carbonyl (C=O) groups excluding carboxylic acids is 1. The summed E-state index contributed by atoms with van der Waals surface area (Å²) >= 11 is 6.93. The second kappa shape index (κ2) is 5.59. The zero-order valence-corrected chi connectivity index (χ0v) is 11.6. The first-order valence-corrected chi connectivity index (χ1v) is 6.57. The highest BCUT2D eigenvalue weighted by Gasteiger charge is 2.15. The van der Waals surface area contributed by atoms with E-state index in [1.54, 1.807) is 0 Å². The number of hydrogen-bond acceptors (Lipinski definition) is 3. The average molecular weight is 297 g/mol. The van der Waals surface area contributed by atoms with E-state index in [0.29, 0.717) is 0 Å². The topological polar surface area (TPSA) is 56.0 Å². The molecule has 2 N–H and O–H groups in total. The Morgan fingerprint density at radius 3 is 2.58 bits per heavy atom. The van der Waals surface area contributed by atoms with Gasteiger partial charge in [0, 0.05) is 4.90 Å². The Balaban J connectivity index is 2.33. The molecule has 1 aromatic heterocycles. The summed E-state index contributed by atoms with van der Waals surface area (Å²) in [5.74, 6) is -1.42. The molecule has 6 heteroatoms.